The second-order valence-corrected chi connectivity index (χ2v) is 5.20. The minimum atomic E-state index is -0.166. The molecule has 0 saturated heterocycles. The molecular weight excluding hydrogens is 266 g/mol. The summed E-state index contributed by atoms with van der Waals surface area (Å²) in [5.41, 5.74) is 2.69. The summed E-state index contributed by atoms with van der Waals surface area (Å²) >= 11 is 0. The highest BCUT2D eigenvalue weighted by atomic mass is 16.1. The largest absolute Gasteiger partial charge is 0.349 e. The van der Waals surface area contributed by atoms with Gasteiger partial charge in [0.1, 0.15) is 5.82 Å². The van der Waals surface area contributed by atoms with E-state index in [4.69, 9.17) is 0 Å². The molecule has 3 rings (SSSR count). The van der Waals surface area contributed by atoms with Crippen molar-refractivity contribution in [2.75, 3.05) is 6.54 Å². The van der Waals surface area contributed by atoms with Crippen molar-refractivity contribution in [3.8, 4) is 0 Å². The van der Waals surface area contributed by atoms with Gasteiger partial charge >= 0.3 is 5.69 Å². The molecule has 1 unspecified atom stereocenters. The van der Waals surface area contributed by atoms with Crippen LogP contribution in [0.5, 0.6) is 0 Å². The molecule has 0 aliphatic heterocycles. The van der Waals surface area contributed by atoms with Crippen molar-refractivity contribution in [3.05, 3.63) is 52.5 Å². The normalized spacial score (nSPS) is 12.8. The summed E-state index contributed by atoms with van der Waals surface area (Å²) in [7, 11) is 0. The molecule has 0 amide bonds. The summed E-state index contributed by atoms with van der Waals surface area (Å²) < 4.78 is 0. The van der Waals surface area contributed by atoms with E-state index in [9.17, 15) is 4.79 Å². The van der Waals surface area contributed by atoms with Gasteiger partial charge in [0.25, 0.3) is 0 Å². The predicted molar refractivity (Wildman–Crippen MR) is 82.2 cm³/mol. The van der Waals surface area contributed by atoms with Gasteiger partial charge in [-0.25, -0.2) is 9.78 Å². The number of H-pyrrole nitrogens is 3. The molecule has 1 atom stereocenters. The first-order chi connectivity index (χ1) is 10.2. The van der Waals surface area contributed by atoms with Crippen LogP contribution in [0.2, 0.25) is 0 Å². The van der Waals surface area contributed by atoms with Gasteiger partial charge in [-0.2, -0.15) is 0 Å². The quantitative estimate of drug-likeness (QED) is 0.521. The number of aryl methyl sites for hydroxylation is 1. The molecule has 6 nitrogen and oxygen atoms in total. The van der Waals surface area contributed by atoms with Crippen molar-refractivity contribution in [1.29, 1.82) is 0 Å². The van der Waals surface area contributed by atoms with Crippen LogP contribution >= 0.6 is 0 Å². The minimum absolute atomic E-state index is 0.166. The van der Waals surface area contributed by atoms with Gasteiger partial charge in [0.2, 0.25) is 0 Å². The zero-order chi connectivity index (χ0) is 14.7. The van der Waals surface area contributed by atoms with Gasteiger partial charge in [0.05, 0.1) is 11.0 Å². The number of hydrogen-bond donors (Lipinski definition) is 4. The zero-order valence-corrected chi connectivity index (χ0v) is 11.9. The summed E-state index contributed by atoms with van der Waals surface area (Å²) in [6, 6.07) is 6.22. The average molecular weight is 285 g/mol. The highest BCUT2D eigenvalue weighted by Gasteiger charge is 2.07. The molecule has 0 aliphatic rings. The number of rotatable bonds is 6. The lowest BCUT2D eigenvalue weighted by Gasteiger charge is -2.14. The van der Waals surface area contributed by atoms with Crippen LogP contribution in [0.3, 0.4) is 0 Å². The van der Waals surface area contributed by atoms with Crippen LogP contribution in [0, 0.1) is 0 Å². The van der Waals surface area contributed by atoms with Gasteiger partial charge in [0.15, 0.2) is 0 Å². The molecule has 0 aliphatic carbocycles. The highest BCUT2D eigenvalue weighted by molar-refractivity contribution is 5.75. The van der Waals surface area contributed by atoms with Gasteiger partial charge in [-0.3, -0.25) is 0 Å². The van der Waals surface area contributed by atoms with Crippen LogP contribution in [0.15, 0.2) is 35.4 Å². The topological polar surface area (TPSA) is 89.4 Å². The van der Waals surface area contributed by atoms with E-state index in [0.29, 0.717) is 0 Å². The van der Waals surface area contributed by atoms with Gasteiger partial charge < -0.3 is 20.3 Å². The highest BCUT2D eigenvalue weighted by Crippen LogP contribution is 2.16. The van der Waals surface area contributed by atoms with E-state index in [-0.39, 0.29) is 11.7 Å². The summed E-state index contributed by atoms with van der Waals surface area (Å²) in [5.74, 6) is 1.02. The first-order valence-electron chi connectivity index (χ1n) is 7.16. The Morgan fingerprint density at radius 1 is 1.29 bits per heavy atom. The average Bonchev–Trinajstić information content (AvgIpc) is 3.10. The molecule has 0 bridgehead atoms. The molecule has 2 heterocycles. The van der Waals surface area contributed by atoms with Gasteiger partial charge in [0, 0.05) is 24.9 Å². The smallest absolute Gasteiger partial charge is 0.323 e. The van der Waals surface area contributed by atoms with Crippen LogP contribution in [0.25, 0.3) is 11.0 Å². The number of imidazole rings is 2. The first kappa shape index (κ1) is 13.6. The van der Waals surface area contributed by atoms with Crippen LogP contribution in [0.4, 0.5) is 0 Å². The van der Waals surface area contributed by atoms with Crippen molar-refractivity contribution < 1.29 is 0 Å². The Bertz CT molecular complexity index is 756. The van der Waals surface area contributed by atoms with Crippen LogP contribution in [0.1, 0.15) is 30.8 Å². The molecular formula is C15H19N5O. The second-order valence-electron chi connectivity index (χ2n) is 5.20. The third-order valence-electron chi connectivity index (χ3n) is 3.64. The molecule has 4 N–H and O–H groups in total. The Balaban J connectivity index is 1.56. The van der Waals surface area contributed by atoms with Crippen molar-refractivity contribution in [2.24, 2.45) is 0 Å². The molecule has 2 aromatic heterocycles. The second kappa shape index (κ2) is 5.97. The van der Waals surface area contributed by atoms with E-state index < -0.39 is 0 Å². The number of aromatic nitrogens is 4. The molecule has 6 heteroatoms. The lowest BCUT2D eigenvalue weighted by Crippen LogP contribution is -2.20. The van der Waals surface area contributed by atoms with Gasteiger partial charge in [-0.15, -0.1) is 0 Å². The standard InChI is InChI=1S/C15H19N5O/c1-10(16-6-2-3-14-17-7-8-18-14)11-4-5-12-13(9-11)20-15(21)19-12/h4-5,7-10,16H,2-3,6H2,1H3,(H,17,18)(H2,19,20,21). The maximum Gasteiger partial charge on any atom is 0.323 e. The molecule has 0 fully saturated rings. The van der Waals surface area contributed by atoms with Gasteiger partial charge in [-0.05, 0) is 37.6 Å². The number of nitrogens with zero attached hydrogens (tertiary/aromatic N) is 1. The van der Waals surface area contributed by atoms with Gasteiger partial charge in [-0.1, -0.05) is 6.07 Å². The molecule has 1 aromatic carbocycles. The Kier molecular flexibility index (Phi) is 3.87. The summed E-state index contributed by atoms with van der Waals surface area (Å²) in [4.78, 5) is 24.1. The third kappa shape index (κ3) is 3.22. The fraction of sp³-hybridized carbons (Fsp3) is 0.333. The number of aromatic amines is 3. The summed E-state index contributed by atoms with van der Waals surface area (Å²) in [6.07, 6.45) is 5.59. The first-order valence-corrected chi connectivity index (χ1v) is 7.16. The maximum atomic E-state index is 11.3. The van der Waals surface area contributed by atoms with E-state index >= 15 is 0 Å². The molecule has 0 saturated carbocycles. The zero-order valence-electron chi connectivity index (χ0n) is 11.9. The predicted octanol–water partition coefficient (Wildman–Crippen LogP) is 1.86. The van der Waals surface area contributed by atoms with E-state index in [1.807, 2.05) is 24.4 Å². The molecule has 110 valence electrons. The minimum Gasteiger partial charge on any atom is -0.349 e. The fourth-order valence-corrected chi connectivity index (χ4v) is 2.45. The van der Waals surface area contributed by atoms with E-state index in [1.54, 1.807) is 6.20 Å². The Morgan fingerprint density at radius 3 is 2.95 bits per heavy atom. The van der Waals surface area contributed by atoms with E-state index in [1.165, 1.54) is 0 Å². The Morgan fingerprint density at radius 2 is 2.14 bits per heavy atom. The van der Waals surface area contributed by atoms with Crippen LogP contribution in [-0.4, -0.2) is 26.5 Å². The van der Waals surface area contributed by atoms with Crippen molar-refractivity contribution in [2.45, 2.75) is 25.8 Å². The lowest BCUT2D eigenvalue weighted by atomic mass is 10.1. The van der Waals surface area contributed by atoms with E-state index in [2.05, 4.69) is 32.2 Å². The summed E-state index contributed by atoms with van der Waals surface area (Å²) in [6.45, 7) is 3.04. The lowest BCUT2D eigenvalue weighted by molar-refractivity contribution is 0.555. The SMILES string of the molecule is CC(NCCCc1ncc[nH]1)c1ccc2[nH]c(=O)[nH]c2c1. The monoisotopic (exact) mass is 285 g/mol. The van der Waals surface area contributed by atoms with Crippen LogP contribution in [-0.2, 0) is 6.42 Å². The Hall–Kier alpha value is -2.34. The Labute approximate surface area is 122 Å². The maximum absolute atomic E-state index is 11.3. The fourth-order valence-electron chi connectivity index (χ4n) is 2.45. The number of benzene rings is 1. The third-order valence-corrected chi connectivity index (χ3v) is 3.64. The molecule has 3 aromatic rings. The molecule has 0 radical (unpaired) electrons. The van der Waals surface area contributed by atoms with Crippen molar-refractivity contribution >= 4 is 11.0 Å². The van der Waals surface area contributed by atoms with Crippen LogP contribution < -0.4 is 11.0 Å². The molecule has 21 heavy (non-hydrogen) atoms. The van der Waals surface area contributed by atoms with Crippen molar-refractivity contribution in [3.63, 3.8) is 0 Å². The van der Waals surface area contributed by atoms with E-state index in [0.717, 1.165) is 41.8 Å². The number of nitrogens with one attached hydrogen (secondary N) is 4. The number of fused-ring (bicyclic) bond motifs is 1. The van der Waals surface area contributed by atoms with Crippen molar-refractivity contribution in [1.82, 2.24) is 25.3 Å². The molecule has 0 spiro atoms. The number of hydrogen-bond acceptors (Lipinski definition) is 3. The summed E-state index contributed by atoms with van der Waals surface area (Å²) in [5, 5.41) is 3.49.